The van der Waals surface area contributed by atoms with Gasteiger partial charge < -0.3 is 0 Å². The molecule has 0 spiro atoms. The molecule has 1 aliphatic carbocycles. The molecule has 0 atom stereocenters. The average Bonchev–Trinajstić information content (AvgIpc) is 3.22. The molecule has 0 bridgehead atoms. The molecule has 4 heteroatoms. The van der Waals surface area contributed by atoms with Crippen LogP contribution in [0.4, 0.5) is 11.6 Å². The van der Waals surface area contributed by atoms with Crippen molar-refractivity contribution < 1.29 is 5.21 Å². The summed E-state index contributed by atoms with van der Waals surface area (Å²) >= 11 is 0. The number of para-hydroxylation sites is 1. The lowest BCUT2D eigenvalue weighted by molar-refractivity contribution is 0.293. The molecule has 18 heavy (non-hydrogen) atoms. The van der Waals surface area contributed by atoms with Crippen LogP contribution in [0.3, 0.4) is 0 Å². The van der Waals surface area contributed by atoms with Gasteiger partial charge in [0, 0.05) is 17.3 Å². The Hall–Kier alpha value is -1.94. The smallest absolute Gasteiger partial charge is 0.254 e. The van der Waals surface area contributed by atoms with Crippen LogP contribution in [0.15, 0.2) is 36.4 Å². The number of hydrogen-bond acceptors (Lipinski definition) is 4. The molecule has 1 heterocycles. The molecule has 1 N–H and O–H groups in total. The predicted octanol–water partition coefficient (Wildman–Crippen LogP) is 3.19. The van der Waals surface area contributed by atoms with Crippen LogP contribution in [0.1, 0.15) is 30.1 Å². The summed E-state index contributed by atoms with van der Waals surface area (Å²) in [7, 11) is 0. The molecule has 1 aromatic heterocycles. The van der Waals surface area contributed by atoms with Crippen molar-refractivity contribution in [2.45, 2.75) is 25.7 Å². The van der Waals surface area contributed by atoms with Gasteiger partial charge in [-0.3, -0.25) is 5.21 Å². The van der Waals surface area contributed by atoms with Crippen molar-refractivity contribution in [1.82, 2.24) is 9.97 Å². The molecule has 0 aliphatic heterocycles. The summed E-state index contributed by atoms with van der Waals surface area (Å²) in [4.78, 5) is 8.72. The molecule has 4 nitrogen and oxygen atoms in total. The van der Waals surface area contributed by atoms with E-state index in [1.54, 1.807) is 0 Å². The molecule has 3 rings (SSSR count). The Bertz CT molecular complexity index is 552. The van der Waals surface area contributed by atoms with E-state index in [0.29, 0.717) is 17.6 Å². The van der Waals surface area contributed by atoms with Crippen molar-refractivity contribution in [2.24, 2.45) is 0 Å². The van der Waals surface area contributed by atoms with Crippen molar-refractivity contribution in [3.05, 3.63) is 47.8 Å². The second-order valence-electron chi connectivity index (χ2n) is 4.66. The van der Waals surface area contributed by atoms with Crippen LogP contribution in [0.2, 0.25) is 0 Å². The van der Waals surface area contributed by atoms with E-state index >= 15 is 0 Å². The van der Waals surface area contributed by atoms with E-state index in [-0.39, 0.29) is 0 Å². The largest absolute Gasteiger partial charge is 0.281 e. The van der Waals surface area contributed by atoms with E-state index in [0.717, 1.165) is 16.5 Å². The monoisotopic (exact) mass is 241 g/mol. The van der Waals surface area contributed by atoms with Gasteiger partial charge in [-0.1, -0.05) is 18.2 Å². The molecular formula is C14H15N3O. The molecule has 92 valence electrons. The number of aryl methyl sites for hydroxylation is 1. The zero-order valence-corrected chi connectivity index (χ0v) is 10.2. The van der Waals surface area contributed by atoms with Crippen LogP contribution in [0.25, 0.3) is 0 Å². The van der Waals surface area contributed by atoms with Crippen LogP contribution in [0, 0.1) is 6.92 Å². The van der Waals surface area contributed by atoms with Gasteiger partial charge in [0.15, 0.2) is 0 Å². The topological polar surface area (TPSA) is 49.2 Å². The first-order valence-electron chi connectivity index (χ1n) is 6.13. The molecule has 1 aromatic carbocycles. The zero-order chi connectivity index (χ0) is 12.5. The predicted molar refractivity (Wildman–Crippen MR) is 69.1 cm³/mol. The number of nitrogens with zero attached hydrogens (tertiary/aromatic N) is 3. The molecule has 1 aliphatic rings. The van der Waals surface area contributed by atoms with E-state index in [4.69, 9.17) is 0 Å². The highest BCUT2D eigenvalue weighted by Crippen LogP contribution is 2.39. The molecule has 1 fully saturated rings. The summed E-state index contributed by atoms with van der Waals surface area (Å²) < 4.78 is 0. The molecule has 1 saturated carbocycles. The first-order valence-corrected chi connectivity index (χ1v) is 6.13. The van der Waals surface area contributed by atoms with Gasteiger partial charge in [-0.25, -0.2) is 9.97 Å². The summed E-state index contributed by atoms with van der Waals surface area (Å²) in [6.07, 6.45) is 2.37. The summed E-state index contributed by atoms with van der Waals surface area (Å²) in [6.45, 7) is 1.93. The lowest BCUT2D eigenvalue weighted by Gasteiger charge is -2.15. The number of benzene rings is 1. The Morgan fingerprint density at radius 2 is 1.89 bits per heavy atom. The number of hydrogen-bond donors (Lipinski definition) is 1. The molecule has 0 radical (unpaired) electrons. The van der Waals surface area contributed by atoms with E-state index in [1.807, 2.05) is 43.3 Å². The van der Waals surface area contributed by atoms with E-state index in [9.17, 15) is 5.21 Å². The first-order chi connectivity index (χ1) is 8.74. The highest BCUT2D eigenvalue weighted by molar-refractivity contribution is 5.53. The van der Waals surface area contributed by atoms with Crippen LogP contribution in [-0.2, 0) is 0 Å². The molecule has 0 saturated heterocycles. The SMILES string of the molecule is Cc1cc(C2CC2)nc(N(O)c2ccccc2)n1. The lowest BCUT2D eigenvalue weighted by Crippen LogP contribution is -2.15. The van der Waals surface area contributed by atoms with Gasteiger partial charge in [-0.15, -0.1) is 0 Å². The van der Waals surface area contributed by atoms with Gasteiger partial charge in [0.1, 0.15) is 0 Å². The van der Waals surface area contributed by atoms with Gasteiger partial charge in [0.05, 0.1) is 5.69 Å². The molecule has 2 aromatic rings. The van der Waals surface area contributed by atoms with E-state index in [2.05, 4.69) is 9.97 Å². The number of aromatic nitrogens is 2. The maximum absolute atomic E-state index is 10.2. The van der Waals surface area contributed by atoms with Gasteiger partial charge in [0.25, 0.3) is 5.95 Å². The summed E-state index contributed by atoms with van der Waals surface area (Å²) in [5.41, 5.74) is 2.59. The summed E-state index contributed by atoms with van der Waals surface area (Å²) in [5.74, 6) is 0.901. The molecule has 0 unspecified atom stereocenters. The fraction of sp³-hybridized carbons (Fsp3) is 0.286. The third kappa shape index (κ3) is 2.19. The molecule has 0 amide bonds. The minimum absolute atomic E-state index is 0.350. The lowest BCUT2D eigenvalue weighted by atomic mass is 10.2. The molecular weight excluding hydrogens is 226 g/mol. The zero-order valence-electron chi connectivity index (χ0n) is 10.2. The van der Waals surface area contributed by atoms with Gasteiger partial charge in [-0.05, 0) is 38.0 Å². The van der Waals surface area contributed by atoms with Crippen LogP contribution in [-0.4, -0.2) is 15.2 Å². The van der Waals surface area contributed by atoms with Crippen LogP contribution in [0.5, 0.6) is 0 Å². The van der Waals surface area contributed by atoms with E-state index in [1.165, 1.54) is 12.8 Å². The van der Waals surface area contributed by atoms with Crippen molar-refractivity contribution in [2.75, 3.05) is 5.06 Å². The van der Waals surface area contributed by atoms with Gasteiger partial charge in [-0.2, -0.15) is 5.06 Å². The van der Waals surface area contributed by atoms with Crippen molar-refractivity contribution in [3.63, 3.8) is 0 Å². The second-order valence-corrected chi connectivity index (χ2v) is 4.66. The van der Waals surface area contributed by atoms with Crippen molar-refractivity contribution in [3.8, 4) is 0 Å². The van der Waals surface area contributed by atoms with Crippen molar-refractivity contribution >= 4 is 11.6 Å². The summed E-state index contributed by atoms with van der Waals surface area (Å²) in [6, 6.07) is 11.3. The minimum atomic E-state index is 0.350. The third-order valence-electron chi connectivity index (χ3n) is 3.05. The van der Waals surface area contributed by atoms with E-state index < -0.39 is 0 Å². The van der Waals surface area contributed by atoms with Gasteiger partial charge >= 0.3 is 0 Å². The average molecular weight is 241 g/mol. The second kappa shape index (κ2) is 4.38. The highest BCUT2D eigenvalue weighted by Gasteiger charge is 2.26. The maximum atomic E-state index is 10.2. The Labute approximate surface area is 106 Å². The Morgan fingerprint density at radius 3 is 2.56 bits per heavy atom. The third-order valence-corrected chi connectivity index (χ3v) is 3.05. The summed E-state index contributed by atoms with van der Waals surface area (Å²) in [5, 5.41) is 11.2. The Balaban J connectivity index is 1.96. The van der Waals surface area contributed by atoms with Crippen molar-refractivity contribution in [1.29, 1.82) is 0 Å². The number of rotatable bonds is 3. The quantitative estimate of drug-likeness (QED) is 0.838. The van der Waals surface area contributed by atoms with Crippen LogP contribution >= 0.6 is 0 Å². The minimum Gasteiger partial charge on any atom is -0.281 e. The van der Waals surface area contributed by atoms with Gasteiger partial charge in [0.2, 0.25) is 0 Å². The highest BCUT2D eigenvalue weighted by atomic mass is 16.5. The normalized spacial score (nSPS) is 14.6. The Morgan fingerprint density at radius 1 is 1.17 bits per heavy atom. The van der Waals surface area contributed by atoms with Crippen LogP contribution < -0.4 is 5.06 Å². The fourth-order valence-corrected chi connectivity index (χ4v) is 1.94. The standard InChI is InChI=1S/C14H15N3O/c1-10-9-13(11-7-8-11)16-14(15-10)17(18)12-5-3-2-4-6-12/h2-6,9,11,18H,7-8H2,1H3. The maximum Gasteiger partial charge on any atom is 0.254 e. The first kappa shape index (κ1) is 11.2. The Kier molecular flexibility index (Phi) is 2.72. The number of anilines is 2. The fourth-order valence-electron chi connectivity index (χ4n) is 1.94.